The van der Waals surface area contributed by atoms with Gasteiger partial charge in [0.1, 0.15) is 6.61 Å². The van der Waals surface area contributed by atoms with Gasteiger partial charge < -0.3 is 18.9 Å². The van der Waals surface area contributed by atoms with Crippen molar-refractivity contribution in [1.82, 2.24) is 0 Å². The number of ether oxygens (including phenoxy) is 4. The van der Waals surface area contributed by atoms with E-state index in [1.165, 1.54) is 5.57 Å². The summed E-state index contributed by atoms with van der Waals surface area (Å²) in [6, 6.07) is 3.81. The summed E-state index contributed by atoms with van der Waals surface area (Å²) < 4.78 is 22.2. The molecule has 5 heteroatoms. The zero-order chi connectivity index (χ0) is 18.0. The first-order chi connectivity index (χ1) is 11.9. The van der Waals surface area contributed by atoms with E-state index in [0.29, 0.717) is 42.8 Å². The van der Waals surface area contributed by atoms with Crippen LogP contribution < -0.4 is 14.2 Å². The van der Waals surface area contributed by atoms with Crippen molar-refractivity contribution in [3.63, 3.8) is 0 Å². The first-order valence-electron chi connectivity index (χ1n) is 8.77. The van der Waals surface area contributed by atoms with Gasteiger partial charge in [-0.3, -0.25) is 4.79 Å². The molecule has 0 spiro atoms. The van der Waals surface area contributed by atoms with Crippen LogP contribution in [0.3, 0.4) is 0 Å². The van der Waals surface area contributed by atoms with Gasteiger partial charge in [-0.05, 0) is 57.7 Å². The molecule has 0 radical (unpaired) electrons. The number of hydrogen-bond donors (Lipinski definition) is 0. The number of carbonyl (C=O) groups is 1. The Morgan fingerprint density at radius 2 is 2.12 bits per heavy atom. The van der Waals surface area contributed by atoms with E-state index in [-0.39, 0.29) is 11.6 Å². The number of fused-ring (bicyclic) bond motifs is 1. The quantitative estimate of drug-likeness (QED) is 0.325. The summed E-state index contributed by atoms with van der Waals surface area (Å²) in [4.78, 5) is 11.5. The molecule has 5 nitrogen and oxygen atoms in total. The number of benzene rings is 1. The predicted octanol–water partition coefficient (Wildman–Crippen LogP) is 3.83. The Morgan fingerprint density at radius 1 is 1.36 bits per heavy atom. The van der Waals surface area contributed by atoms with Crippen molar-refractivity contribution in [3.8, 4) is 17.2 Å². The number of hydrogen-bond acceptors (Lipinski definition) is 5. The van der Waals surface area contributed by atoms with Crippen LogP contribution >= 0.6 is 0 Å². The number of aryl methyl sites for hydroxylation is 1. The van der Waals surface area contributed by atoms with Crippen molar-refractivity contribution in [1.29, 1.82) is 0 Å². The molecule has 0 amide bonds. The maximum Gasteiger partial charge on any atom is 0.311 e. The Balaban J connectivity index is 1.58. The molecule has 1 aromatic rings. The molecule has 0 aliphatic carbocycles. The fourth-order valence-corrected chi connectivity index (χ4v) is 3.08. The summed E-state index contributed by atoms with van der Waals surface area (Å²) >= 11 is 0. The van der Waals surface area contributed by atoms with Crippen LogP contribution in [0.2, 0.25) is 0 Å². The minimum absolute atomic E-state index is 0.0463. The van der Waals surface area contributed by atoms with E-state index in [4.69, 9.17) is 18.9 Å². The van der Waals surface area contributed by atoms with Crippen molar-refractivity contribution in [2.75, 3.05) is 13.7 Å². The highest BCUT2D eigenvalue weighted by Gasteiger charge is 2.46. The molecule has 3 rings (SSSR count). The number of esters is 1. The lowest BCUT2D eigenvalue weighted by atomic mass is 10.0. The highest BCUT2D eigenvalue weighted by atomic mass is 16.6. The molecule has 136 valence electrons. The van der Waals surface area contributed by atoms with E-state index in [0.717, 1.165) is 18.4 Å². The second-order valence-corrected chi connectivity index (χ2v) is 7.17. The first-order valence-corrected chi connectivity index (χ1v) is 8.77. The Morgan fingerprint density at radius 3 is 2.80 bits per heavy atom. The van der Waals surface area contributed by atoms with Crippen LogP contribution in [0.15, 0.2) is 23.8 Å². The molecule has 1 atom stereocenters. The zero-order valence-corrected chi connectivity index (χ0v) is 15.4. The molecule has 1 aromatic carbocycles. The maximum absolute atomic E-state index is 11.5. The fourth-order valence-electron chi connectivity index (χ4n) is 3.08. The Labute approximate surface area is 148 Å². The average molecular weight is 346 g/mol. The largest absolute Gasteiger partial charge is 0.490 e. The third-order valence-electron chi connectivity index (χ3n) is 4.81. The molecule has 0 bridgehead atoms. The summed E-state index contributed by atoms with van der Waals surface area (Å²) in [5.74, 6) is 1.34. The van der Waals surface area contributed by atoms with E-state index in [1.54, 1.807) is 7.11 Å². The van der Waals surface area contributed by atoms with Gasteiger partial charge in [0.2, 0.25) is 5.75 Å². The fraction of sp³-hybridized carbons (Fsp3) is 0.550. The second kappa shape index (κ2) is 7.08. The van der Waals surface area contributed by atoms with Crippen LogP contribution in [0, 0.1) is 0 Å². The minimum Gasteiger partial charge on any atom is -0.490 e. The van der Waals surface area contributed by atoms with Gasteiger partial charge in [0.05, 0.1) is 25.2 Å². The van der Waals surface area contributed by atoms with Crippen LogP contribution in [0.25, 0.3) is 0 Å². The van der Waals surface area contributed by atoms with Gasteiger partial charge in [-0.2, -0.15) is 0 Å². The molecular weight excluding hydrogens is 320 g/mol. The van der Waals surface area contributed by atoms with Crippen molar-refractivity contribution in [2.45, 2.75) is 58.2 Å². The van der Waals surface area contributed by atoms with E-state index in [1.807, 2.05) is 12.1 Å². The molecule has 1 unspecified atom stereocenters. The van der Waals surface area contributed by atoms with E-state index < -0.39 is 0 Å². The summed E-state index contributed by atoms with van der Waals surface area (Å²) in [5, 5.41) is 0. The van der Waals surface area contributed by atoms with Gasteiger partial charge in [-0.15, -0.1) is 0 Å². The lowest BCUT2D eigenvalue weighted by Crippen LogP contribution is -2.16. The molecule has 2 heterocycles. The first kappa shape index (κ1) is 17.8. The standard InChI is InChI=1S/C20H26O5/c1-13(5-9-16-20(2,3)25-16)11-12-23-15-8-6-14-7-10-17(21)24-18(14)19(15)22-4/h6,8,11,16H,5,7,9-10,12H2,1-4H3. The monoisotopic (exact) mass is 346 g/mol. The molecule has 2 aliphatic rings. The molecule has 0 N–H and O–H groups in total. The molecule has 1 fully saturated rings. The molecule has 25 heavy (non-hydrogen) atoms. The summed E-state index contributed by atoms with van der Waals surface area (Å²) in [6.07, 6.45) is 5.54. The molecule has 0 saturated carbocycles. The average Bonchev–Trinajstić information content (AvgIpc) is 3.19. The molecule has 1 saturated heterocycles. The predicted molar refractivity (Wildman–Crippen MR) is 94.4 cm³/mol. The number of allylic oxidation sites excluding steroid dienone is 1. The van der Waals surface area contributed by atoms with Crippen molar-refractivity contribution in [2.24, 2.45) is 0 Å². The third kappa shape index (κ3) is 4.15. The molecular formula is C20H26O5. The Kier molecular flexibility index (Phi) is 5.04. The van der Waals surface area contributed by atoms with Crippen LogP contribution in [-0.2, 0) is 16.0 Å². The van der Waals surface area contributed by atoms with Gasteiger partial charge in [0.15, 0.2) is 11.5 Å². The number of rotatable bonds is 7. The van der Waals surface area contributed by atoms with Crippen molar-refractivity contribution in [3.05, 3.63) is 29.3 Å². The zero-order valence-electron chi connectivity index (χ0n) is 15.4. The van der Waals surface area contributed by atoms with Gasteiger partial charge in [-0.25, -0.2) is 0 Å². The summed E-state index contributed by atoms with van der Waals surface area (Å²) in [7, 11) is 1.56. The van der Waals surface area contributed by atoms with E-state index in [2.05, 4.69) is 26.8 Å². The highest BCUT2D eigenvalue weighted by Crippen LogP contribution is 2.42. The summed E-state index contributed by atoms with van der Waals surface area (Å²) in [5.41, 5.74) is 2.29. The van der Waals surface area contributed by atoms with Gasteiger partial charge in [0, 0.05) is 0 Å². The van der Waals surface area contributed by atoms with E-state index in [9.17, 15) is 4.79 Å². The second-order valence-electron chi connectivity index (χ2n) is 7.17. The van der Waals surface area contributed by atoms with Crippen LogP contribution in [0.5, 0.6) is 17.2 Å². The SMILES string of the molecule is COc1c(OCC=C(C)CCC2OC2(C)C)ccc2c1OC(=O)CC2. The van der Waals surface area contributed by atoms with Crippen LogP contribution in [0.1, 0.15) is 45.6 Å². The number of epoxide rings is 1. The maximum atomic E-state index is 11.5. The minimum atomic E-state index is -0.232. The highest BCUT2D eigenvalue weighted by molar-refractivity contribution is 5.77. The number of methoxy groups -OCH3 is 1. The van der Waals surface area contributed by atoms with Crippen molar-refractivity contribution >= 4 is 5.97 Å². The number of carbonyl (C=O) groups excluding carboxylic acids is 1. The van der Waals surface area contributed by atoms with Crippen LogP contribution in [0.4, 0.5) is 0 Å². The van der Waals surface area contributed by atoms with Gasteiger partial charge in [-0.1, -0.05) is 11.6 Å². The van der Waals surface area contributed by atoms with Gasteiger partial charge >= 0.3 is 5.97 Å². The lowest BCUT2D eigenvalue weighted by Gasteiger charge is -2.20. The molecule has 0 aromatic heterocycles. The third-order valence-corrected chi connectivity index (χ3v) is 4.81. The Bertz CT molecular complexity index is 690. The van der Waals surface area contributed by atoms with Crippen molar-refractivity contribution < 1.29 is 23.7 Å². The lowest BCUT2D eigenvalue weighted by molar-refractivity contribution is -0.135. The summed E-state index contributed by atoms with van der Waals surface area (Å²) in [6.45, 7) is 6.79. The normalized spacial score (nSPS) is 21.4. The van der Waals surface area contributed by atoms with Gasteiger partial charge in [0.25, 0.3) is 0 Å². The van der Waals surface area contributed by atoms with Crippen LogP contribution in [-0.4, -0.2) is 31.4 Å². The van der Waals surface area contributed by atoms with E-state index >= 15 is 0 Å². The topological polar surface area (TPSA) is 57.3 Å². The Hall–Kier alpha value is -2.01. The smallest absolute Gasteiger partial charge is 0.311 e. The molecule has 2 aliphatic heterocycles.